The standard InChI is InChI=1S/C15H14Cl2FN/c1-2-19-15(10-6-3-4-8-12(10)16)11-7-5-9-13(18)14(11)17/h3-9,15,19H,2H2,1H3. The Morgan fingerprint density at radius 1 is 1.05 bits per heavy atom. The lowest BCUT2D eigenvalue weighted by Gasteiger charge is -2.21. The third kappa shape index (κ3) is 3.08. The van der Waals surface area contributed by atoms with Crippen LogP contribution in [0.25, 0.3) is 0 Å². The molecule has 0 saturated carbocycles. The van der Waals surface area contributed by atoms with Crippen molar-refractivity contribution in [2.24, 2.45) is 0 Å². The minimum absolute atomic E-state index is 0.133. The minimum atomic E-state index is -0.422. The van der Waals surface area contributed by atoms with Gasteiger partial charge in [-0.3, -0.25) is 0 Å². The third-order valence-corrected chi connectivity index (χ3v) is 3.66. The molecule has 1 unspecified atom stereocenters. The Labute approximate surface area is 122 Å². The van der Waals surface area contributed by atoms with E-state index in [9.17, 15) is 4.39 Å². The lowest BCUT2D eigenvalue weighted by Crippen LogP contribution is -2.22. The smallest absolute Gasteiger partial charge is 0.142 e. The molecule has 4 heteroatoms. The van der Waals surface area contributed by atoms with E-state index in [2.05, 4.69) is 5.32 Å². The van der Waals surface area contributed by atoms with E-state index in [1.165, 1.54) is 6.07 Å². The topological polar surface area (TPSA) is 12.0 Å². The van der Waals surface area contributed by atoms with Gasteiger partial charge in [-0.25, -0.2) is 4.39 Å². The molecule has 0 aliphatic heterocycles. The van der Waals surface area contributed by atoms with Gasteiger partial charge in [-0.05, 0) is 29.8 Å². The summed E-state index contributed by atoms with van der Waals surface area (Å²) in [4.78, 5) is 0. The first-order valence-electron chi connectivity index (χ1n) is 6.06. The van der Waals surface area contributed by atoms with Crippen molar-refractivity contribution in [2.45, 2.75) is 13.0 Å². The molecule has 1 nitrogen and oxygen atoms in total. The lowest BCUT2D eigenvalue weighted by atomic mass is 9.98. The number of benzene rings is 2. The van der Waals surface area contributed by atoms with Crippen molar-refractivity contribution < 1.29 is 4.39 Å². The molecule has 0 radical (unpaired) electrons. The van der Waals surface area contributed by atoms with E-state index in [-0.39, 0.29) is 11.1 Å². The Balaban J connectivity index is 2.52. The molecule has 100 valence electrons. The summed E-state index contributed by atoms with van der Waals surface area (Å²) in [7, 11) is 0. The van der Waals surface area contributed by atoms with Gasteiger partial charge in [0.1, 0.15) is 5.82 Å². The SMILES string of the molecule is CCNC(c1ccccc1Cl)c1cccc(F)c1Cl. The van der Waals surface area contributed by atoms with Crippen LogP contribution < -0.4 is 5.32 Å². The zero-order valence-electron chi connectivity index (χ0n) is 10.5. The van der Waals surface area contributed by atoms with Crippen LogP contribution >= 0.6 is 23.2 Å². The van der Waals surface area contributed by atoms with Crippen LogP contribution in [0.2, 0.25) is 10.0 Å². The van der Waals surface area contributed by atoms with Crippen LogP contribution in [-0.4, -0.2) is 6.54 Å². The molecule has 1 atom stereocenters. The number of rotatable bonds is 4. The molecule has 0 bridgehead atoms. The zero-order chi connectivity index (χ0) is 13.8. The molecule has 0 heterocycles. The van der Waals surface area contributed by atoms with Crippen molar-refractivity contribution in [1.82, 2.24) is 5.32 Å². The summed E-state index contributed by atoms with van der Waals surface area (Å²) < 4.78 is 13.6. The quantitative estimate of drug-likeness (QED) is 0.852. The van der Waals surface area contributed by atoms with Crippen molar-refractivity contribution in [1.29, 1.82) is 0 Å². The van der Waals surface area contributed by atoms with E-state index in [4.69, 9.17) is 23.2 Å². The van der Waals surface area contributed by atoms with Crippen LogP contribution in [0.3, 0.4) is 0 Å². The Morgan fingerprint density at radius 2 is 1.74 bits per heavy atom. The first-order valence-corrected chi connectivity index (χ1v) is 6.82. The second-order valence-electron chi connectivity index (χ2n) is 4.16. The van der Waals surface area contributed by atoms with Crippen molar-refractivity contribution in [3.05, 3.63) is 69.5 Å². The monoisotopic (exact) mass is 297 g/mol. The Kier molecular flexibility index (Phi) is 4.81. The van der Waals surface area contributed by atoms with Crippen molar-refractivity contribution in [3.63, 3.8) is 0 Å². The molecule has 2 aromatic carbocycles. The highest BCUT2D eigenvalue weighted by Gasteiger charge is 2.19. The van der Waals surface area contributed by atoms with Crippen LogP contribution in [0.15, 0.2) is 42.5 Å². The van der Waals surface area contributed by atoms with Crippen LogP contribution in [0.1, 0.15) is 24.1 Å². The molecule has 0 saturated heterocycles. The molecule has 2 rings (SSSR count). The second-order valence-corrected chi connectivity index (χ2v) is 4.94. The van der Waals surface area contributed by atoms with Gasteiger partial charge in [0.05, 0.1) is 11.1 Å². The molecule has 0 aromatic heterocycles. The fourth-order valence-corrected chi connectivity index (χ4v) is 2.52. The van der Waals surface area contributed by atoms with Crippen molar-refractivity contribution in [2.75, 3.05) is 6.54 Å². The first kappa shape index (κ1) is 14.3. The Hall–Kier alpha value is -1.09. The van der Waals surface area contributed by atoms with Crippen LogP contribution in [-0.2, 0) is 0 Å². The van der Waals surface area contributed by atoms with Gasteiger partial charge in [-0.15, -0.1) is 0 Å². The highest BCUT2D eigenvalue weighted by molar-refractivity contribution is 6.32. The lowest BCUT2D eigenvalue weighted by molar-refractivity contribution is 0.604. The van der Waals surface area contributed by atoms with Crippen LogP contribution in [0.4, 0.5) is 4.39 Å². The molecule has 0 fully saturated rings. The summed E-state index contributed by atoms with van der Waals surface area (Å²) in [5, 5.41) is 4.05. The van der Waals surface area contributed by atoms with Gasteiger partial charge in [0.15, 0.2) is 0 Å². The van der Waals surface area contributed by atoms with Gasteiger partial charge in [-0.1, -0.05) is 60.5 Å². The maximum Gasteiger partial charge on any atom is 0.142 e. The van der Waals surface area contributed by atoms with Crippen LogP contribution in [0, 0.1) is 5.82 Å². The predicted molar refractivity (Wildman–Crippen MR) is 78.4 cm³/mol. The van der Waals surface area contributed by atoms with Gasteiger partial charge in [0, 0.05) is 5.02 Å². The van der Waals surface area contributed by atoms with E-state index in [0.717, 1.165) is 12.1 Å². The number of nitrogens with one attached hydrogen (secondary N) is 1. The van der Waals surface area contributed by atoms with E-state index in [0.29, 0.717) is 10.6 Å². The molecule has 0 spiro atoms. The van der Waals surface area contributed by atoms with Gasteiger partial charge >= 0.3 is 0 Å². The highest BCUT2D eigenvalue weighted by atomic mass is 35.5. The van der Waals surface area contributed by atoms with Gasteiger partial charge in [0.25, 0.3) is 0 Å². The molecule has 2 aromatic rings. The molecule has 1 N–H and O–H groups in total. The minimum Gasteiger partial charge on any atom is -0.306 e. The third-order valence-electron chi connectivity index (χ3n) is 2.92. The maximum absolute atomic E-state index is 13.6. The summed E-state index contributed by atoms with van der Waals surface area (Å²) in [5.74, 6) is -0.422. The zero-order valence-corrected chi connectivity index (χ0v) is 12.0. The first-order chi connectivity index (χ1) is 9.15. The van der Waals surface area contributed by atoms with E-state index in [1.54, 1.807) is 6.07 Å². The van der Waals surface area contributed by atoms with Crippen molar-refractivity contribution in [3.8, 4) is 0 Å². The Bertz CT molecular complexity index is 572. The fourth-order valence-electron chi connectivity index (χ4n) is 2.04. The van der Waals surface area contributed by atoms with E-state index >= 15 is 0 Å². The van der Waals surface area contributed by atoms with Gasteiger partial charge in [0.2, 0.25) is 0 Å². The summed E-state index contributed by atoms with van der Waals surface area (Å²) in [6, 6.07) is 12.1. The van der Waals surface area contributed by atoms with E-state index in [1.807, 2.05) is 37.3 Å². The van der Waals surface area contributed by atoms with Crippen molar-refractivity contribution >= 4 is 23.2 Å². The molecule has 0 amide bonds. The average molecular weight is 298 g/mol. The molecular formula is C15H14Cl2FN. The maximum atomic E-state index is 13.6. The number of halogens is 3. The molecule has 19 heavy (non-hydrogen) atoms. The van der Waals surface area contributed by atoms with Gasteiger partial charge < -0.3 is 5.32 Å². The summed E-state index contributed by atoms with van der Waals surface area (Å²) >= 11 is 12.3. The summed E-state index contributed by atoms with van der Waals surface area (Å²) in [6.07, 6.45) is 0. The summed E-state index contributed by atoms with van der Waals surface area (Å²) in [5.41, 5.74) is 1.58. The molecule has 0 aliphatic rings. The fraction of sp³-hybridized carbons (Fsp3) is 0.200. The second kappa shape index (κ2) is 6.38. The van der Waals surface area contributed by atoms with Crippen LogP contribution in [0.5, 0.6) is 0 Å². The largest absolute Gasteiger partial charge is 0.306 e. The average Bonchev–Trinajstić information content (AvgIpc) is 2.41. The summed E-state index contributed by atoms with van der Waals surface area (Å²) in [6.45, 7) is 2.71. The number of hydrogen-bond acceptors (Lipinski definition) is 1. The Morgan fingerprint density at radius 3 is 2.42 bits per heavy atom. The molecular weight excluding hydrogens is 284 g/mol. The van der Waals surface area contributed by atoms with E-state index < -0.39 is 5.82 Å². The predicted octanol–water partition coefficient (Wildman–Crippen LogP) is 4.83. The van der Waals surface area contributed by atoms with Gasteiger partial charge in [-0.2, -0.15) is 0 Å². The number of hydrogen-bond donors (Lipinski definition) is 1. The normalized spacial score (nSPS) is 12.4. The molecule has 0 aliphatic carbocycles. The highest BCUT2D eigenvalue weighted by Crippen LogP contribution is 2.33.